The van der Waals surface area contributed by atoms with E-state index in [9.17, 15) is 4.79 Å². The number of benzene rings is 4. The zero-order chi connectivity index (χ0) is 71.4. The fraction of sp³-hybridized carbons (Fsp3) is 0.254. The topological polar surface area (TPSA) is 499 Å². The molecule has 0 radical (unpaired) electrons. The molecular weight excluding hydrogens is 1310 g/mol. The molecule has 0 unspecified atom stereocenters. The van der Waals surface area contributed by atoms with Gasteiger partial charge in [0.15, 0.2) is 50.9 Å². The number of fused-ring (bicyclic) bond motifs is 8. The van der Waals surface area contributed by atoms with Gasteiger partial charge in [0, 0.05) is 66.2 Å². The zero-order valence-electron chi connectivity index (χ0n) is 56.6. The zero-order valence-corrected chi connectivity index (χ0v) is 56.6. The third-order valence-electron chi connectivity index (χ3n) is 17.0. The highest BCUT2D eigenvalue weighted by Crippen LogP contribution is 2.39. The predicted molar refractivity (Wildman–Crippen MR) is 386 cm³/mol. The van der Waals surface area contributed by atoms with E-state index < -0.39 is 6.09 Å². The molecule has 16 aromatic rings. The lowest BCUT2D eigenvalue weighted by Gasteiger charge is -2.26. The molecule has 1 fully saturated rings. The van der Waals surface area contributed by atoms with Crippen molar-refractivity contribution in [2.45, 2.75) is 73.1 Å². The van der Waals surface area contributed by atoms with Crippen molar-refractivity contribution in [1.29, 1.82) is 0 Å². The van der Waals surface area contributed by atoms with E-state index in [1.54, 1.807) is 10.7 Å². The van der Waals surface area contributed by atoms with Crippen molar-refractivity contribution in [3.8, 4) is 44.9 Å². The maximum Gasteiger partial charge on any atom is 0.412 e. The van der Waals surface area contributed by atoms with Gasteiger partial charge in [0.2, 0.25) is 0 Å². The van der Waals surface area contributed by atoms with Crippen LogP contribution in [0.2, 0.25) is 0 Å². The first-order valence-electron chi connectivity index (χ1n) is 32.3. The summed E-state index contributed by atoms with van der Waals surface area (Å²) in [5.41, 5.74) is 54.9. The highest BCUT2D eigenvalue weighted by molar-refractivity contribution is 6.05. The Kier molecular flexibility index (Phi) is 17.4. The summed E-state index contributed by atoms with van der Waals surface area (Å²) in [5, 5.41) is 28.8. The van der Waals surface area contributed by atoms with Crippen LogP contribution >= 0.6 is 0 Å². The van der Waals surface area contributed by atoms with Crippen LogP contribution in [0.1, 0.15) is 65.5 Å². The van der Waals surface area contributed by atoms with Gasteiger partial charge in [-0.3, -0.25) is 10.2 Å². The summed E-state index contributed by atoms with van der Waals surface area (Å²) in [6.45, 7) is 19.1. The predicted octanol–water partition coefficient (Wildman–Crippen LogP) is 9.78. The Morgan fingerprint density at radius 2 is 1.03 bits per heavy atom. The SMILES string of the molecule is CC(C)n1cc(-c2ccc3oc(N)nc3c2)c2c(N)ncnc21.COC(=O)Nc1noc2ccc(-c3nn(C(C)C)c4ncnc(N)c34)cc12.Cc1nc(N)c2c(-c3ccc4oc(N)nc4c3)nn(C(C)C)c2n1.Nc1noc2ccc(-c3nn(CCN4CCOCC4)c4ncnc(N)c34)cc12. The maximum absolute atomic E-state index is 11.5. The molecule has 4 aromatic carbocycles. The quantitative estimate of drug-likeness (QED) is 0.0597. The van der Waals surface area contributed by atoms with E-state index in [4.69, 9.17) is 73.0 Å². The first kappa shape index (κ1) is 66.1. The molecule has 0 atom stereocenters. The van der Waals surface area contributed by atoms with Crippen LogP contribution in [0.3, 0.4) is 0 Å². The fourth-order valence-corrected chi connectivity index (χ4v) is 12.1. The summed E-state index contributed by atoms with van der Waals surface area (Å²) >= 11 is 0. The average Bonchev–Trinajstić information content (AvgIpc) is 1.63. The molecule has 13 heterocycles. The van der Waals surface area contributed by atoms with Crippen molar-refractivity contribution in [2.75, 3.05) is 85.4 Å². The molecule has 35 nitrogen and oxygen atoms in total. The van der Waals surface area contributed by atoms with Crippen LogP contribution in [0.15, 0.2) is 116 Å². The summed E-state index contributed by atoms with van der Waals surface area (Å²) in [7, 11) is 1.27. The molecular formula is C67H70N28O7. The number of aryl methyl sites for hydroxylation is 1. The minimum absolute atomic E-state index is 0.0893. The summed E-state index contributed by atoms with van der Waals surface area (Å²) < 4.78 is 38.7. The van der Waals surface area contributed by atoms with Gasteiger partial charge < -0.3 is 72.1 Å². The number of nitrogens with zero attached hydrogens (tertiary/aromatic N) is 20. The Bertz CT molecular complexity index is 5830. The number of morpholine rings is 1. The smallest absolute Gasteiger partial charge is 0.412 e. The number of anilines is 8. The highest BCUT2D eigenvalue weighted by atomic mass is 16.5. The minimum atomic E-state index is -0.636. The molecule has 35 heteroatoms. The van der Waals surface area contributed by atoms with E-state index in [1.165, 1.54) is 26.1 Å². The number of aromatic nitrogens is 19. The summed E-state index contributed by atoms with van der Waals surface area (Å²) in [4.78, 5) is 56.6. The second-order valence-electron chi connectivity index (χ2n) is 24.7. The first-order chi connectivity index (χ1) is 49.2. The number of amides is 1. The van der Waals surface area contributed by atoms with E-state index in [1.807, 2.05) is 117 Å². The lowest BCUT2D eigenvalue weighted by molar-refractivity contribution is 0.0361. The normalized spacial score (nSPS) is 12.7. The molecule has 520 valence electrons. The number of nitrogen functional groups attached to an aromatic ring is 7. The maximum atomic E-state index is 11.5. The lowest BCUT2D eigenvalue weighted by atomic mass is 10.1. The van der Waals surface area contributed by atoms with Gasteiger partial charge in [0.1, 0.15) is 81.8 Å². The Morgan fingerprint density at radius 3 is 1.65 bits per heavy atom. The van der Waals surface area contributed by atoms with Gasteiger partial charge in [-0.05, 0) is 121 Å². The van der Waals surface area contributed by atoms with Gasteiger partial charge in [-0.15, -0.1) is 0 Å². The van der Waals surface area contributed by atoms with Gasteiger partial charge in [-0.2, -0.15) is 25.3 Å². The molecule has 0 saturated carbocycles. The van der Waals surface area contributed by atoms with Crippen molar-refractivity contribution >= 4 is 141 Å². The van der Waals surface area contributed by atoms with Crippen LogP contribution in [0.25, 0.3) is 133 Å². The summed E-state index contributed by atoms with van der Waals surface area (Å²) in [6, 6.07) is 23.2. The van der Waals surface area contributed by atoms with Crippen LogP contribution in [0.4, 0.5) is 51.7 Å². The third kappa shape index (κ3) is 12.5. The Balaban J connectivity index is 0.000000116. The second kappa shape index (κ2) is 26.9. The van der Waals surface area contributed by atoms with Gasteiger partial charge in [-0.25, -0.2) is 58.7 Å². The average molecular weight is 1380 g/mol. The van der Waals surface area contributed by atoms with Crippen LogP contribution < -0.4 is 45.5 Å². The van der Waals surface area contributed by atoms with Crippen LogP contribution in [-0.2, 0) is 16.0 Å². The van der Waals surface area contributed by atoms with Crippen LogP contribution in [0, 0.1) is 6.92 Å². The van der Waals surface area contributed by atoms with Crippen molar-refractivity contribution < 1.29 is 32.1 Å². The molecule has 1 amide bonds. The summed E-state index contributed by atoms with van der Waals surface area (Å²) in [6.07, 6.45) is 5.79. The molecule has 1 aliphatic rings. The van der Waals surface area contributed by atoms with E-state index in [-0.39, 0.29) is 36.0 Å². The number of carbonyl (C=O) groups is 1. The van der Waals surface area contributed by atoms with E-state index >= 15 is 0 Å². The largest absolute Gasteiger partial charge is 0.453 e. The molecule has 1 saturated heterocycles. The number of methoxy groups -OCH3 is 1. The number of carbonyl (C=O) groups excluding carboxylic acids is 1. The lowest BCUT2D eigenvalue weighted by Crippen LogP contribution is -2.38. The van der Waals surface area contributed by atoms with E-state index in [0.29, 0.717) is 103 Å². The number of ether oxygens (including phenoxy) is 2. The Labute approximate surface area is 577 Å². The number of nitrogens with two attached hydrogens (primary N) is 7. The number of hydrogen-bond acceptors (Lipinski definition) is 30. The van der Waals surface area contributed by atoms with Gasteiger partial charge in [-0.1, -0.05) is 16.4 Å². The minimum Gasteiger partial charge on any atom is -0.453 e. The van der Waals surface area contributed by atoms with Crippen LogP contribution in [0.5, 0.6) is 0 Å². The molecule has 1 aliphatic heterocycles. The summed E-state index contributed by atoms with van der Waals surface area (Å²) in [5.74, 6) is 2.85. The molecule has 15 N–H and O–H groups in total. The number of nitrogens with one attached hydrogen (secondary N) is 1. The standard InChI is InChI=1S/C18H20N8O2.C17H17N7O3.C16H17N7O.C16H16N6O/c19-16-12-9-11(1-2-13(12)28-24-16)15-14-17(20)21-10-22-18(14)26(23-15)4-3-25-5-7-27-8-6-25;1-8(2)24-16-12(14(18)19-7-20-16)13(22-24)9-4-5-11-10(6-9)15(23-27-11)21-17(25)26-3;1-7(2)23-15-12(14(17)19-8(3)20-15)13(22-23)9-4-5-11-10(6-9)21-16(18)24-11;1-8(2)22-6-10(13-14(17)19-7-20-15(13)22)9-3-4-12-11(5-9)21-16(18)23-12/h1-2,9-10H,3-8H2,(H2,19,24)(H2,20,21,22);4-8H,1-3H3,(H2,18,19,20)(H,21,23,25);4-7H,1-3H3,(H2,18,21)(H2,17,19,20);3-8H,1-2H3,(H2,18,21)(H2,17,19,20). The monoisotopic (exact) mass is 1380 g/mol. The van der Waals surface area contributed by atoms with Crippen molar-refractivity contribution in [1.82, 2.24) is 99.0 Å². The number of rotatable bonds is 11. The molecule has 0 spiro atoms. The molecule has 12 aromatic heterocycles. The molecule has 0 aliphatic carbocycles. The van der Waals surface area contributed by atoms with E-state index in [0.717, 1.165) is 105 Å². The van der Waals surface area contributed by atoms with Crippen molar-refractivity contribution in [3.05, 3.63) is 104 Å². The first-order valence-corrected chi connectivity index (χ1v) is 32.3. The molecule has 0 bridgehead atoms. The molecule has 17 rings (SSSR count). The van der Waals surface area contributed by atoms with Gasteiger partial charge >= 0.3 is 6.09 Å². The second-order valence-corrected chi connectivity index (χ2v) is 24.7. The fourth-order valence-electron chi connectivity index (χ4n) is 12.1. The number of hydrogen-bond donors (Lipinski definition) is 8. The van der Waals surface area contributed by atoms with Crippen LogP contribution in [-0.4, -0.2) is 145 Å². The Hall–Kier alpha value is -13.2. The van der Waals surface area contributed by atoms with Crippen molar-refractivity contribution in [2.24, 2.45) is 0 Å². The highest BCUT2D eigenvalue weighted by Gasteiger charge is 2.25. The van der Waals surface area contributed by atoms with E-state index in [2.05, 4.69) is 98.6 Å². The molecule has 102 heavy (non-hydrogen) atoms. The third-order valence-corrected chi connectivity index (χ3v) is 17.0. The Morgan fingerprint density at radius 1 is 0.520 bits per heavy atom. The van der Waals surface area contributed by atoms with Crippen molar-refractivity contribution in [3.63, 3.8) is 0 Å². The van der Waals surface area contributed by atoms with Gasteiger partial charge in [0.25, 0.3) is 12.0 Å². The van der Waals surface area contributed by atoms with Gasteiger partial charge in [0.05, 0.1) is 59.2 Å². The number of oxazole rings is 2.